The van der Waals surface area contributed by atoms with Crippen molar-refractivity contribution in [1.82, 2.24) is 19.9 Å². The summed E-state index contributed by atoms with van der Waals surface area (Å²) in [6.45, 7) is 3.36. The summed E-state index contributed by atoms with van der Waals surface area (Å²) in [6.07, 6.45) is -2.40. The summed E-state index contributed by atoms with van der Waals surface area (Å²) in [7, 11) is 1.25. The van der Waals surface area contributed by atoms with Gasteiger partial charge in [-0.05, 0) is 19.1 Å². The van der Waals surface area contributed by atoms with Crippen LogP contribution in [0.4, 0.5) is 5.82 Å². The number of hydrogen-bond acceptors (Lipinski definition) is 13. The van der Waals surface area contributed by atoms with E-state index in [1.54, 1.807) is 19.1 Å². The van der Waals surface area contributed by atoms with E-state index < -0.39 is 54.5 Å². The number of rotatable bonds is 9. The predicted octanol–water partition coefficient (Wildman–Crippen LogP) is -0.366. The third-order valence-electron chi connectivity index (χ3n) is 5.34. The Morgan fingerprint density at radius 3 is 2.66 bits per heavy atom. The molecule has 2 aromatic rings. The van der Waals surface area contributed by atoms with Crippen LogP contribution in [0.15, 0.2) is 18.5 Å². The highest BCUT2D eigenvalue weighted by Gasteiger charge is 2.61. The van der Waals surface area contributed by atoms with Gasteiger partial charge in [0.05, 0.1) is 26.1 Å². The normalized spacial score (nSPS) is 24.5. The molecule has 188 valence electrons. The fraction of sp³-hybridized carbons (Fsp3) is 0.524. The number of methoxy groups -OCH3 is 1. The zero-order chi connectivity index (χ0) is 25.8. The molecule has 0 bridgehead atoms. The third-order valence-corrected chi connectivity index (χ3v) is 5.34. The minimum Gasteiger partial charge on any atom is -0.468 e. The summed E-state index contributed by atoms with van der Waals surface area (Å²) in [6, 6.07) is 4.60. The summed E-state index contributed by atoms with van der Waals surface area (Å²) in [4.78, 5) is 39.4. The van der Waals surface area contributed by atoms with Crippen molar-refractivity contribution in [2.45, 2.75) is 50.7 Å². The van der Waals surface area contributed by atoms with Crippen molar-refractivity contribution in [3.05, 3.63) is 24.2 Å². The molecule has 3 rings (SSSR count). The van der Waals surface area contributed by atoms with Crippen molar-refractivity contribution in [2.24, 2.45) is 0 Å². The second-order valence-electron chi connectivity index (χ2n) is 7.79. The highest BCUT2D eigenvalue weighted by Crippen LogP contribution is 2.44. The van der Waals surface area contributed by atoms with Crippen LogP contribution in [0.3, 0.4) is 0 Å². The Kier molecular flexibility index (Phi) is 7.85. The molecule has 5 atom stereocenters. The van der Waals surface area contributed by atoms with Gasteiger partial charge < -0.3 is 29.4 Å². The first-order valence-electron chi connectivity index (χ1n) is 10.5. The summed E-state index contributed by atoms with van der Waals surface area (Å²) in [5, 5.41) is 17.1. The smallest absolute Gasteiger partial charge is 0.322 e. The molecule has 14 nitrogen and oxygen atoms in total. The Balaban J connectivity index is 1.95. The molecule has 0 amide bonds. The number of hydrogen-bond donors (Lipinski definition) is 2. The Morgan fingerprint density at radius 2 is 2.03 bits per heavy atom. The Hall–Kier alpha value is -3.80. The molecule has 0 unspecified atom stereocenters. The van der Waals surface area contributed by atoms with Crippen LogP contribution in [0.25, 0.3) is 5.52 Å². The van der Waals surface area contributed by atoms with E-state index in [1.165, 1.54) is 24.9 Å². The number of nitrogens with two attached hydrogens (primary N) is 1. The molecule has 1 aliphatic heterocycles. The van der Waals surface area contributed by atoms with Crippen molar-refractivity contribution in [1.29, 1.82) is 5.26 Å². The first-order valence-corrected chi connectivity index (χ1v) is 10.5. The number of carbonyl (C=O) groups is 3. The van der Waals surface area contributed by atoms with Crippen LogP contribution in [-0.2, 0) is 38.1 Å². The van der Waals surface area contributed by atoms with Crippen LogP contribution >= 0.6 is 0 Å². The molecule has 14 heteroatoms. The van der Waals surface area contributed by atoms with Gasteiger partial charge in [-0.3, -0.25) is 19.7 Å². The van der Waals surface area contributed by atoms with Gasteiger partial charge in [0.2, 0.25) is 5.60 Å². The van der Waals surface area contributed by atoms with Crippen molar-refractivity contribution in [2.75, 3.05) is 26.2 Å². The lowest BCUT2D eigenvalue weighted by Crippen LogP contribution is -2.50. The predicted molar refractivity (Wildman–Crippen MR) is 116 cm³/mol. The Bertz CT molecular complexity index is 1150. The maximum atomic E-state index is 12.0. The fourth-order valence-electron chi connectivity index (χ4n) is 3.74. The van der Waals surface area contributed by atoms with Gasteiger partial charge in [-0.15, -0.1) is 0 Å². The minimum absolute atomic E-state index is 0.156. The van der Waals surface area contributed by atoms with E-state index in [9.17, 15) is 19.6 Å². The molecule has 1 fully saturated rings. The zero-order valence-electron chi connectivity index (χ0n) is 19.6. The third kappa shape index (κ3) is 5.32. The molecular formula is C21H26N6O8. The number of nitrogens with zero attached hydrogens (tertiary/aromatic N) is 4. The summed E-state index contributed by atoms with van der Waals surface area (Å²) in [5.41, 5.74) is 4.89. The Morgan fingerprint density at radius 1 is 1.31 bits per heavy atom. The highest BCUT2D eigenvalue weighted by atomic mass is 16.7. The molecule has 0 aliphatic carbocycles. The number of esters is 3. The molecule has 3 N–H and O–H groups in total. The van der Waals surface area contributed by atoms with Gasteiger partial charge in [-0.2, -0.15) is 10.4 Å². The van der Waals surface area contributed by atoms with Gasteiger partial charge in [-0.1, -0.05) is 0 Å². The number of nitrogens with one attached hydrogen (secondary N) is 1. The van der Waals surface area contributed by atoms with Crippen LogP contribution in [0.2, 0.25) is 0 Å². The number of nitriles is 1. The fourth-order valence-corrected chi connectivity index (χ4v) is 3.74. The summed E-state index contributed by atoms with van der Waals surface area (Å²) >= 11 is 0. The molecule has 1 aliphatic rings. The maximum absolute atomic E-state index is 12.0. The molecule has 0 radical (unpaired) electrons. The van der Waals surface area contributed by atoms with Gasteiger partial charge in [-0.25, -0.2) is 9.50 Å². The van der Waals surface area contributed by atoms with Crippen molar-refractivity contribution in [3.8, 4) is 6.07 Å². The molecule has 0 saturated carbocycles. The molecular weight excluding hydrogens is 464 g/mol. The van der Waals surface area contributed by atoms with Gasteiger partial charge in [0.25, 0.3) is 0 Å². The maximum Gasteiger partial charge on any atom is 0.322 e. The van der Waals surface area contributed by atoms with E-state index in [0.717, 1.165) is 6.92 Å². The van der Waals surface area contributed by atoms with E-state index in [-0.39, 0.29) is 12.5 Å². The molecule has 0 aromatic carbocycles. The standard InChI is InChI=1S/C21H26N6O8/c1-11(20(30)31-4)25-10-32-8-21(7-22)18(34-13(3)29)17(33-12(2)28)16(35-21)14-5-6-15-19(23)24-9-26-27(14)15/h5-6,9,11,16-18,25H,8,10H2,1-4H3,(H2,23,24,26)/t11-,16-,17-,18-,21+/m0/s1. The highest BCUT2D eigenvalue weighted by molar-refractivity contribution is 5.75. The average molecular weight is 490 g/mol. The van der Waals surface area contributed by atoms with Crippen LogP contribution < -0.4 is 11.1 Å². The first-order chi connectivity index (χ1) is 16.6. The summed E-state index contributed by atoms with van der Waals surface area (Å²) < 4.78 is 28.6. The van der Waals surface area contributed by atoms with Crippen molar-refractivity contribution in [3.63, 3.8) is 0 Å². The van der Waals surface area contributed by atoms with Crippen LogP contribution in [0.5, 0.6) is 0 Å². The van der Waals surface area contributed by atoms with Crippen LogP contribution in [-0.4, -0.2) is 76.8 Å². The number of anilines is 1. The second-order valence-corrected chi connectivity index (χ2v) is 7.79. The topological polar surface area (TPSA) is 189 Å². The van der Waals surface area contributed by atoms with Crippen molar-refractivity contribution < 1.29 is 38.1 Å². The van der Waals surface area contributed by atoms with Gasteiger partial charge in [0.15, 0.2) is 18.0 Å². The van der Waals surface area contributed by atoms with Crippen LogP contribution in [0.1, 0.15) is 32.6 Å². The molecule has 3 heterocycles. The largest absolute Gasteiger partial charge is 0.468 e. The van der Waals surface area contributed by atoms with Crippen molar-refractivity contribution >= 4 is 29.2 Å². The zero-order valence-corrected chi connectivity index (χ0v) is 19.6. The van der Waals surface area contributed by atoms with Gasteiger partial charge in [0, 0.05) is 13.8 Å². The average Bonchev–Trinajstić information content (AvgIpc) is 3.36. The van der Waals surface area contributed by atoms with E-state index in [2.05, 4.69) is 20.1 Å². The molecule has 2 aromatic heterocycles. The van der Waals surface area contributed by atoms with E-state index >= 15 is 0 Å². The number of fused-ring (bicyclic) bond motifs is 1. The minimum atomic E-state index is -1.87. The first kappa shape index (κ1) is 25.8. The number of aromatic nitrogens is 3. The van der Waals surface area contributed by atoms with E-state index in [1.807, 2.05) is 6.07 Å². The van der Waals surface area contributed by atoms with E-state index in [4.69, 9.17) is 24.7 Å². The number of nitrogen functional groups attached to an aromatic ring is 1. The SMILES string of the molecule is COC(=O)[C@H](C)NCOC[C@@]1(C#N)O[C@@H](c2ccc3c(N)ncnn23)[C@H](OC(C)=O)[C@@H]1OC(C)=O. The molecule has 35 heavy (non-hydrogen) atoms. The lowest BCUT2D eigenvalue weighted by molar-refractivity contribution is -0.168. The van der Waals surface area contributed by atoms with E-state index in [0.29, 0.717) is 11.2 Å². The number of ether oxygens (including phenoxy) is 5. The second kappa shape index (κ2) is 10.6. The lowest BCUT2D eigenvalue weighted by Gasteiger charge is -2.28. The monoisotopic (exact) mass is 490 g/mol. The summed E-state index contributed by atoms with van der Waals surface area (Å²) in [5.74, 6) is -1.71. The number of carbonyl (C=O) groups excluding carboxylic acids is 3. The van der Waals surface area contributed by atoms with Crippen LogP contribution in [0, 0.1) is 11.3 Å². The quantitative estimate of drug-likeness (QED) is 0.201. The van der Waals surface area contributed by atoms with Gasteiger partial charge in [0.1, 0.15) is 30.1 Å². The Labute approximate surface area is 200 Å². The molecule has 1 saturated heterocycles. The molecule has 0 spiro atoms. The lowest BCUT2D eigenvalue weighted by atomic mass is 9.95. The van der Waals surface area contributed by atoms with Gasteiger partial charge >= 0.3 is 17.9 Å².